The summed E-state index contributed by atoms with van der Waals surface area (Å²) in [6, 6.07) is 9.97. The first-order chi connectivity index (χ1) is 9.04. The van der Waals surface area contributed by atoms with Gasteiger partial charge >= 0.3 is 0 Å². The zero-order valence-electron chi connectivity index (χ0n) is 11.6. The van der Waals surface area contributed by atoms with Gasteiger partial charge in [0.05, 0.1) is 19.1 Å². The van der Waals surface area contributed by atoms with Crippen LogP contribution in [-0.2, 0) is 6.54 Å². The molecule has 0 fully saturated rings. The molecule has 0 saturated carbocycles. The molecule has 100 valence electrons. The number of furan rings is 1. The maximum atomic E-state index is 6.07. The first-order valence-corrected chi connectivity index (χ1v) is 9.74. The molecule has 0 N–H and O–H groups in total. The molecule has 0 bridgehead atoms. The van der Waals surface area contributed by atoms with Gasteiger partial charge in [-0.3, -0.25) is 4.99 Å². The summed E-state index contributed by atoms with van der Waals surface area (Å²) in [6.07, 6.45) is 5.13. The Hall–Kier alpha value is -1.81. The number of benzene rings is 1. The van der Waals surface area contributed by atoms with E-state index in [1.165, 1.54) is 0 Å². The minimum Gasteiger partial charge on any atom is -0.544 e. The number of para-hydroxylation sites is 1. The third kappa shape index (κ3) is 4.41. The Labute approximate surface area is 115 Å². The highest BCUT2D eigenvalue weighted by Crippen LogP contribution is 2.22. The fourth-order valence-corrected chi connectivity index (χ4v) is 2.52. The summed E-state index contributed by atoms with van der Waals surface area (Å²) >= 11 is 0. The van der Waals surface area contributed by atoms with Crippen molar-refractivity contribution in [2.24, 2.45) is 4.99 Å². The van der Waals surface area contributed by atoms with Gasteiger partial charge in [-0.2, -0.15) is 0 Å². The maximum Gasteiger partial charge on any atom is 0.242 e. The molecule has 4 heteroatoms. The van der Waals surface area contributed by atoms with E-state index in [4.69, 9.17) is 8.84 Å². The molecule has 0 aliphatic heterocycles. The lowest BCUT2D eigenvalue weighted by Gasteiger charge is -2.21. The molecule has 0 radical (unpaired) electrons. The van der Waals surface area contributed by atoms with Crippen molar-refractivity contribution in [2.75, 3.05) is 0 Å². The summed E-state index contributed by atoms with van der Waals surface area (Å²) < 4.78 is 11.1. The topological polar surface area (TPSA) is 34.7 Å². The second-order valence-electron chi connectivity index (χ2n) is 5.35. The molecule has 1 aromatic carbocycles. The second kappa shape index (κ2) is 5.89. The van der Waals surface area contributed by atoms with Gasteiger partial charge in [0.15, 0.2) is 0 Å². The van der Waals surface area contributed by atoms with Gasteiger partial charge in [0.1, 0.15) is 5.75 Å². The van der Waals surface area contributed by atoms with E-state index < -0.39 is 8.32 Å². The Morgan fingerprint density at radius 1 is 1.21 bits per heavy atom. The van der Waals surface area contributed by atoms with Crippen LogP contribution >= 0.6 is 0 Å². The van der Waals surface area contributed by atoms with Crippen molar-refractivity contribution in [3.63, 3.8) is 0 Å². The van der Waals surface area contributed by atoms with Crippen LogP contribution in [0.5, 0.6) is 5.75 Å². The van der Waals surface area contributed by atoms with Crippen molar-refractivity contribution in [3.05, 3.63) is 54.0 Å². The van der Waals surface area contributed by atoms with Gasteiger partial charge in [-0.1, -0.05) is 18.2 Å². The van der Waals surface area contributed by atoms with Crippen molar-refractivity contribution in [3.8, 4) is 5.75 Å². The molecule has 0 unspecified atom stereocenters. The number of aliphatic imine (C=N–C) groups is 1. The van der Waals surface area contributed by atoms with Crippen molar-refractivity contribution < 1.29 is 8.84 Å². The van der Waals surface area contributed by atoms with Gasteiger partial charge in [0.2, 0.25) is 8.32 Å². The molecule has 0 aliphatic carbocycles. The zero-order valence-corrected chi connectivity index (χ0v) is 12.6. The highest BCUT2D eigenvalue weighted by atomic mass is 28.4. The molecule has 0 amide bonds. The van der Waals surface area contributed by atoms with Crippen LogP contribution in [0, 0.1) is 0 Å². The van der Waals surface area contributed by atoms with E-state index in [2.05, 4.69) is 30.7 Å². The number of nitrogens with zero attached hydrogens (tertiary/aromatic N) is 1. The van der Waals surface area contributed by atoms with Crippen LogP contribution in [-0.4, -0.2) is 14.5 Å². The largest absolute Gasteiger partial charge is 0.544 e. The quantitative estimate of drug-likeness (QED) is 0.607. The lowest BCUT2D eigenvalue weighted by molar-refractivity contribution is 0.549. The molecule has 0 atom stereocenters. The fraction of sp³-hybridized carbons (Fsp3) is 0.267. The molecule has 1 aromatic heterocycles. The Morgan fingerprint density at radius 2 is 2.00 bits per heavy atom. The summed E-state index contributed by atoms with van der Waals surface area (Å²) in [7, 11) is -1.59. The minimum absolute atomic E-state index is 0.617. The lowest BCUT2D eigenvalue weighted by Crippen LogP contribution is -2.29. The summed E-state index contributed by atoms with van der Waals surface area (Å²) in [5.74, 6) is 0.950. The standard InChI is InChI=1S/C15H19NO2Si/c1-19(2,3)18-15-7-5-4-6-14(15)11-16-10-13-8-9-17-12-13/h4-10,12H,11H2,1-3H3/b16-10-. The van der Waals surface area contributed by atoms with E-state index in [0.717, 1.165) is 16.9 Å². The van der Waals surface area contributed by atoms with E-state index in [9.17, 15) is 0 Å². The molecular weight excluding hydrogens is 254 g/mol. The molecule has 0 spiro atoms. The summed E-state index contributed by atoms with van der Waals surface area (Å²) in [5.41, 5.74) is 2.09. The molecule has 2 rings (SSSR count). The summed E-state index contributed by atoms with van der Waals surface area (Å²) in [6.45, 7) is 7.15. The highest BCUT2D eigenvalue weighted by molar-refractivity contribution is 6.70. The smallest absolute Gasteiger partial charge is 0.242 e. The van der Waals surface area contributed by atoms with E-state index in [1.807, 2.05) is 30.5 Å². The SMILES string of the molecule is C[Si](C)(C)Oc1ccccc1C/N=C\c1ccoc1. The third-order valence-electron chi connectivity index (χ3n) is 2.43. The Kier molecular flexibility index (Phi) is 4.22. The van der Waals surface area contributed by atoms with Crippen molar-refractivity contribution in [1.82, 2.24) is 0 Å². The van der Waals surface area contributed by atoms with Gasteiger partial charge in [-0.15, -0.1) is 0 Å². The fourth-order valence-electron chi connectivity index (χ4n) is 1.66. The first kappa shape index (κ1) is 13.6. The number of hydrogen-bond donors (Lipinski definition) is 0. The molecule has 19 heavy (non-hydrogen) atoms. The van der Waals surface area contributed by atoms with Crippen LogP contribution in [0.3, 0.4) is 0 Å². The van der Waals surface area contributed by atoms with Crippen LogP contribution < -0.4 is 4.43 Å². The average molecular weight is 273 g/mol. The minimum atomic E-state index is -1.59. The predicted octanol–water partition coefficient (Wildman–Crippen LogP) is 4.11. The Bertz CT molecular complexity index is 542. The monoisotopic (exact) mass is 273 g/mol. The van der Waals surface area contributed by atoms with Gasteiger partial charge in [-0.25, -0.2) is 0 Å². The van der Waals surface area contributed by atoms with Crippen LogP contribution in [0.25, 0.3) is 0 Å². The second-order valence-corrected chi connectivity index (χ2v) is 9.78. The van der Waals surface area contributed by atoms with Crippen LogP contribution in [0.1, 0.15) is 11.1 Å². The van der Waals surface area contributed by atoms with Gasteiger partial charge in [0, 0.05) is 17.3 Å². The first-order valence-electron chi connectivity index (χ1n) is 6.33. The van der Waals surface area contributed by atoms with Crippen LogP contribution in [0.2, 0.25) is 19.6 Å². The number of hydrogen-bond acceptors (Lipinski definition) is 3. The maximum absolute atomic E-state index is 6.07. The van der Waals surface area contributed by atoms with Gasteiger partial charge in [0.25, 0.3) is 0 Å². The predicted molar refractivity (Wildman–Crippen MR) is 80.4 cm³/mol. The Morgan fingerprint density at radius 3 is 2.68 bits per heavy atom. The van der Waals surface area contributed by atoms with Gasteiger partial charge in [-0.05, 0) is 31.8 Å². The van der Waals surface area contributed by atoms with E-state index >= 15 is 0 Å². The van der Waals surface area contributed by atoms with E-state index in [1.54, 1.807) is 12.5 Å². The van der Waals surface area contributed by atoms with Crippen LogP contribution in [0.15, 0.2) is 52.3 Å². The summed E-state index contributed by atoms with van der Waals surface area (Å²) in [5, 5.41) is 0. The van der Waals surface area contributed by atoms with Crippen molar-refractivity contribution >= 4 is 14.5 Å². The summed E-state index contributed by atoms with van der Waals surface area (Å²) in [4.78, 5) is 4.43. The zero-order chi connectivity index (χ0) is 13.7. The molecule has 0 saturated heterocycles. The lowest BCUT2D eigenvalue weighted by atomic mass is 10.2. The van der Waals surface area contributed by atoms with E-state index in [-0.39, 0.29) is 0 Å². The van der Waals surface area contributed by atoms with Crippen molar-refractivity contribution in [1.29, 1.82) is 0 Å². The van der Waals surface area contributed by atoms with Gasteiger partial charge < -0.3 is 8.84 Å². The van der Waals surface area contributed by atoms with Crippen molar-refractivity contribution in [2.45, 2.75) is 26.2 Å². The van der Waals surface area contributed by atoms with Crippen LogP contribution in [0.4, 0.5) is 0 Å². The molecule has 3 nitrogen and oxygen atoms in total. The molecular formula is C15H19NO2Si. The third-order valence-corrected chi connectivity index (χ3v) is 3.27. The normalized spacial score (nSPS) is 11.9. The molecule has 1 heterocycles. The average Bonchev–Trinajstić information content (AvgIpc) is 2.82. The number of rotatable bonds is 5. The molecule has 0 aliphatic rings. The Balaban J connectivity index is 2.08. The van der Waals surface area contributed by atoms with E-state index in [0.29, 0.717) is 6.54 Å². The molecule has 2 aromatic rings. The highest BCUT2D eigenvalue weighted by Gasteiger charge is 2.17.